The molecule has 0 heterocycles. The predicted octanol–water partition coefficient (Wildman–Crippen LogP) is 7.64. The van der Waals surface area contributed by atoms with Gasteiger partial charge in [0.05, 0.1) is 18.8 Å². The van der Waals surface area contributed by atoms with Crippen LogP contribution in [0.3, 0.4) is 0 Å². The highest BCUT2D eigenvalue weighted by molar-refractivity contribution is 5.90. The Balaban J connectivity index is 1.33. The lowest BCUT2D eigenvalue weighted by Gasteiger charge is -2.64. The lowest BCUT2D eigenvalue weighted by molar-refractivity contribution is -0.217. The minimum absolute atomic E-state index is 0.0432. The highest BCUT2D eigenvalue weighted by atomic mass is 16.6. The van der Waals surface area contributed by atoms with E-state index in [2.05, 4.69) is 32.9 Å². The molecule has 0 amide bonds. The maximum Gasteiger partial charge on any atom is 0.338 e. The smallest absolute Gasteiger partial charge is 0.338 e. The second kappa shape index (κ2) is 13.4. The number of ether oxygens (including phenoxy) is 3. The fourth-order valence-corrected chi connectivity index (χ4v) is 10.9. The van der Waals surface area contributed by atoms with Crippen molar-refractivity contribution in [2.24, 2.45) is 46.3 Å². The van der Waals surface area contributed by atoms with Crippen LogP contribution in [0.25, 0.3) is 11.1 Å². The number of carbonyl (C=O) groups is 3. The SMILES string of the molecule is COC(=O)CC[C@@H](C)[C@H]1CC[C@H]2[C@@H]3[C@H](OC(=O)c4ccc(-c5ccccc5)cc4)C[C@@H]4C[C@H](O)CC[C@]4(C)[C@H]3C[C@H](OC(C)=O)[C@]12C. The van der Waals surface area contributed by atoms with Gasteiger partial charge in [0.15, 0.2) is 0 Å². The molecule has 0 spiro atoms. The van der Waals surface area contributed by atoms with Crippen molar-refractivity contribution in [3.05, 3.63) is 60.2 Å². The Morgan fingerprint density at radius 3 is 2.28 bits per heavy atom. The van der Waals surface area contributed by atoms with Crippen LogP contribution in [-0.4, -0.2) is 48.4 Å². The maximum atomic E-state index is 13.9. The van der Waals surface area contributed by atoms with Gasteiger partial charge in [0.25, 0.3) is 0 Å². The Hall–Kier alpha value is -3.19. The van der Waals surface area contributed by atoms with Gasteiger partial charge in [-0.1, -0.05) is 63.2 Å². The average Bonchev–Trinajstić information content (AvgIpc) is 3.43. The summed E-state index contributed by atoms with van der Waals surface area (Å²) < 4.78 is 17.8. The van der Waals surface area contributed by atoms with Crippen molar-refractivity contribution in [2.75, 3.05) is 7.11 Å². The van der Waals surface area contributed by atoms with E-state index in [-0.39, 0.29) is 82.6 Å². The molecule has 47 heavy (non-hydrogen) atoms. The molecule has 2 aromatic rings. The number of hydrogen-bond acceptors (Lipinski definition) is 7. The number of hydrogen-bond donors (Lipinski definition) is 1. The molecule has 254 valence electrons. The third kappa shape index (κ3) is 6.25. The van der Waals surface area contributed by atoms with Gasteiger partial charge in [-0.2, -0.15) is 0 Å². The van der Waals surface area contributed by atoms with Crippen LogP contribution in [0.2, 0.25) is 0 Å². The summed E-state index contributed by atoms with van der Waals surface area (Å²) in [5.74, 6) is 0.433. The summed E-state index contributed by atoms with van der Waals surface area (Å²) in [6.45, 7) is 8.40. The first kappa shape index (κ1) is 33.7. The Kier molecular flexibility index (Phi) is 9.59. The van der Waals surface area contributed by atoms with E-state index < -0.39 is 0 Å². The van der Waals surface area contributed by atoms with Gasteiger partial charge in [0.1, 0.15) is 12.2 Å². The van der Waals surface area contributed by atoms with Crippen LogP contribution in [0.5, 0.6) is 0 Å². The fourth-order valence-electron chi connectivity index (χ4n) is 10.9. The summed E-state index contributed by atoms with van der Waals surface area (Å²) in [4.78, 5) is 38.6. The first-order valence-electron chi connectivity index (χ1n) is 17.7. The van der Waals surface area contributed by atoms with Crippen LogP contribution in [0, 0.1) is 46.3 Å². The van der Waals surface area contributed by atoms with E-state index >= 15 is 0 Å². The van der Waals surface area contributed by atoms with Crippen LogP contribution in [-0.2, 0) is 23.8 Å². The van der Waals surface area contributed by atoms with Gasteiger partial charge in [0.2, 0.25) is 0 Å². The summed E-state index contributed by atoms with van der Waals surface area (Å²) in [6.07, 6.45) is 5.95. The van der Waals surface area contributed by atoms with Gasteiger partial charge in [-0.05, 0) is 110 Å². The molecule has 0 bridgehead atoms. The van der Waals surface area contributed by atoms with Gasteiger partial charge < -0.3 is 19.3 Å². The first-order valence-corrected chi connectivity index (χ1v) is 17.7. The van der Waals surface area contributed by atoms with Gasteiger partial charge in [-0.15, -0.1) is 0 Å². The van der Waals surface area contributed by atoms with E-state index in [0.29, 0.717) is 18.4 Å². The molecular weight excluding hydrogens is 592 g/mol. The molecule has 7 heteroatoms. The van der Waals surface area contributed by atoms with E-state index in [1.54, 1.807) is 0 Å². The molecule has 4 aliphatic rings. The Labute approximate surface area is 279 Å². The van der Waals surface area contributed by atoms with Gasteiger partial charge >= 0.3 is 17.9 Å². The van der Waals surface area contributed by atoms with Crippen molar-refractivity contribution in [1.29, 1.82) is 0 Å². The third-order valence-electron chi connectivity index (χ3n) is 13.3. The zero-order chi connectivity index (χ0) is 33.5. The molecule has 1 N–H and O–H groups in total. The molecule has 4 saturated carbocycles. The minimum Gasteiger partial charge on any atom is -0.469 e. The molecule has 7 nitrogen and oxygen atoms in total. The number of carbonyl (C=O) groups excluding carboxylic acids is 3. The number of aliphatic hydroxyl groups is 1. The van der Waals surface area contributed by atoms with Crippen molar-refractivity contribution in [3.63, 3.8) is 0 Å². The number of benzene rings is 2. The zero-order valence-electron chi connectivity index (χ0n) is 28.7. The first-order chi connectivity index (χ1) is 22.4. The van der Waals surface area contributed by atoms with Gasteiger partial charge in [-0.3, -0.25) is 9.59 Å². The summed E-state index contributed by atoms with van der Waals surface area (Å²) in [6, 6.07) is 17.8. The molecule has 11 atom stereocenters. The monoisotopic (exact) mass is 644 g/mol. The summed E-state index contributed by atoms with van der Waals surface area (Å²) >= 11 is 0. The van der Waals surface area contributed by atoms with E-state index in [4.69, 9.17) is 14.2 Å². The average molecular weight is 645 g/mol. The molecule has 6 rings (SSSR count). The van der Waals surface area contributed by atoms with Crippen LogP contribution >= 0.6 is 0 Å². The van der Waals surface area contributed by atoms with Gasteiger partial charge in [0, 0.05) is 24.7 Å². The molecule has 0 saturated heterocycles. The molecule has 4 aliphatic carbocycles. The molecule has 4 fully saturated rings. The molecule has 0 radical (unpaired) electrons. The topological polar surface area (TPSA) is 99.1 Å². The van der Waals surface area contributed by atoms with Crippen LogP contribution in [0.15, 0.2) is 54.6 Å². The maximum absolute atomic E-state index is 13.9. The van der Waals surface area contributed by atoms with E-state index in [1.165, 1.54) is 14.0 Å². The van der Waals surface area contributed by atoms with E-state index in [1.807, 2.05) is 42.5 Å². The molecule has 2 aromatic carbocycles. The molecule has 0 unspecified atom stereocenters. The van der Waals surface area contributed by atoms with Gasteiger partial charge in [-0.25, -0.2) is 4.79 Å². The largest absolute Gasteiger partial charge is 0.469 e. The summed E-state index contributed by atoms with van der Waals surface area (Å²) in [5.41, 5.74) is 2.32. The van der Waals surface area contributed by atoms with Crippen molar-refractivity contribution in [3.8, 4) is 11.1 Å². The molecular formula is C40H52O7. The van der Waals surface area contributed by atoms with E-state index in [0.717, 1.165) is 56.1 Å². The lowest BCUT2D eigenvalue weighted by Crippen LogP contribution is -2.63. The number of esters is 3. The zero-order valence-corrected chi connectivity index (χ0v) is 28.7. The fraction of sp³-hybridized carbons (Fsp3) is 0.625. The van der Waals surface area contributed by atoms with E-state index in [9.17, 15) is 19.5 Å². The highest BCUT2D eigenvalue weighted by Gasteiger charge is 2.67. The quantitative estimate of drug-likeness (QED) is 0.233. The highest BCUT2D eigenvalue weighted by Crippen LogP contribution is 2.69. The standard InChI is InChI=1S/C40H52O7/c1-24(11-18-36(43)45-5)31-16-17-32-37-33(23-35(40(31,32)4)46-25(2)41)39(3)20-19-30(42)21-29(39)22-34(37)47-38(44)28-14-12-27(13-15-28)26-9-7-6-8-10-26/h6-10,12-15,24,29-35,37,42H,11,16-23H2,1-5H3/t24-,29+,30-,31-,32+,33+,34-,35+,37+,39+,40-/m1/s1. The third-order valence-corrected chi connectivity index (χ3v) is 13.3. The summed E-state index contributed by atoms with van der Waals surface area (Å²) in [5, 5.41) is 10.8. The number of fused-ring (bicyclic) bond motifs is 5. The van der Waals surface area contributed by atoms with Crippen LogP contribution < -0.4 is 0 Å². The Morgan fingerprint density at radius 2 is 1.60 bits per heavy atom. The Bertz CT molecular complexity index is 1440. The second-order valence-electron chi connectivity index (χ2n) is 15.5. The van der Waals surface area contributed by atoms with Crippen LogP contribution in [0.4, 0.5) is 0 Å². The van der Waals surface area contributed by atoms with Crippen molar-refractivity contribution in [1.82, 2.24) is 0 Å². The minimum atomic E-state index is -0.351. The molecule has 0 aliphatic heterocycles. The number of aliphatic hydroxyl groups excluding tert-OH is 1. The normalized spacial score (nSPS) is 36.6. The lowest BCUT2D eigenvalue weighted by atomic mass is 9.43. The summed E-state index contributed by atoms with van der Waals surface area (Å²) in [7, 11) is 1.43. The van der Waals surface area contributed by atoms with Crippen molar-refractivity contribution < 1.29 is 33.7 Å². The Morgan fingerprint density at radius 1 is 0.894 bits per heavy atom. The van der Waals surface area contributed by atoms with Crippen molar-refractivity contribution >= 4 is 17.9 Å². The predicted molar refractivity (Wildman–Crippen MR) is 179 cm³/mol. The van der Waals surface area contributed by atoms with Crippen LogP contribution in [0.1, 0.15) is 95.8 Å². The molecule has 0 aromatic heterocycles. The number of rotatable bonds is 8. The second-order valence-corrected chi connectivity index (χ2v) is 15.5. The van der Waals surface area contributed by atoms with Crippen molar-refractivity contribution in [2.45, 2.75) is 104 Å². The number of methoxy groups -OCH3 is 1.